The van der Waals surface area contributed by atoms with Crippen molar-refractivity contribution >= 4 is 23.2 Å². The summed E-state index contributed by atoms with van der Waals surface area (Å²) in [5.41, 5.74) is 1.97. The minimum absolute atomic E-state index is 0.0191. The molecule has 0 aliphatic rings. The van der Waals surface area contributed by atoms with Gasteiger partial charge in [0.1, 0.15) is 18.0 Å². The molecule has 2 N–H and O–H groups in total. The first-order valence-electron chi connectivity index (χ1n) is 9.40. The number of carbonyl (C=O) groups is 2. The molecule has 0 radical (unpaired) electrons. The zero-order valence-corrected chi connectivity index (χ0v) is 16.6. The Kier molecular flexibility index (Phi) is 6.36. The molecule has 8 heteroatoms. The lowest BCUT2D eigenvalue weighted by atomic mass is 10.1. The third-order valence-electron chi connectivity index (χ3n) is 4.34. The maximum atomic E-state index is 13.3. The van der Waals surface area contributed by atoms with Gasteiger partial charge < -0.3 is 10.6 Å². The van der Waals surface area contributed by atoms with Gasteiger partial charge in [-0.15, -0.1) is 0 Å². The van der Waals surface area contributed by atoms with Crippen LogP contribution in [0.25, 0.3) is 11.3 Å². The lowest BCUT2D eigenvalue weighted by Gasteiger charge is -2.12. The number of nitrogens with one attached hydrogen (secondary N) is 2. The highest BCUT2D eigenvalue weighted by molar-refractivity contribution is 5.91. The van der Waals surface area contributed by atoms with Crippen LogP contribution in [0.2, 0.25) is 0 Å². The van der Waals surface area contributed by atoms with Gasteiger partial charge in [0.05, 0.1) is 5.69 Å². The molecular weight excluding hydrogens is 387 g/mol. The van der Waals surface area contributed by atoms with Crippen LogP contribution in [-0.2, 0) is 22.6 Å². The zero-order valence-electron chi connectivity index (χ0n) is 16.6. The van der Waals surface area contributed by atoms with E-state index < -0.39 is 29.7 Å². The Bertz CT molecular complexity index is 1140. The van der Waals surface area contributed by atoms with Crippen molar-refractivity contribution in [1.29, 1.82) is 0 Å². The minimum Gasteiger partial charge on any atom is -0.324 e. The van der Waals surface area contributed by atoms with Crippen LogP contribution >= 0.6 is 0 Å². The van der Waals surface area contributed by atoms with Gasteiger partial charge in [0.25, 0.3) is 5.56 Å². The summed E-state index contributed by atoms with van der Waals surface area (Å²) in [4.78, 5) is 36.6. The zero-order chi connectivity index (χ0) is 21.7. The topological polar surface area (TPSA) is 93.1 Å². The molecule has 0 spiro atoms. The molecule has 154 valence electrons. The second-order valence-electron chi connectivity index (χ2n) is 6.70. The van der Waals surface area contributed by atoms with Crippen molar-refractivity contribution in [3.8, 4) is 11.3 Å². The number of aromatic nitrogens is 2. The highest BCUT2D eigenvalue weighted by Crippen LogP contribution is 2.19. The predicted octanol–water partition coefficient (Wildman–Crippen LogP) is 3.21. The third kappa shape index (κ3) is 5.16. The second kappa shape index (κ2) is 9.13. The van der Waals surface area contributed by atoms with Crippen LogP contribution in [0.3, 0.4) is 0 Å². The Labute approximate surface area is 172 Å². The molecule has 0 aliphatic carbocycles. The molecule has 0 fully saturated rings. The van der Waals surface area contributed by atoms with Gasteiger partial charge in [-0.3, -0.25) is 14.4 Å². The fraction of sp³-hybridized carbons (Fsp3) is 0.182. The molecule has 7 nitrogen and oxygen atoms in total. The smallest absolute Gasteiger partial charge is 0.291 e. The highest BCUT2D eigenvalue weighted by Gasteiger charge is 2.14. The predicted molar refractivity (Wildman–Crippen MR) is 113 cm³/mol. The number of nitrogens with zero attached hydrogens (tertiary/aromatic N) is 2. The van der Waals surface area contributed by atoms with E-state index in [1.54, 1.807) is 0 Å². The molecule has 0 bridgehead atoms. The van der Waals surface area contributed by atoms with E-state index >= 15 is 0 Å². The van der Waals surface area contributed by atoms with Crippen LogP contribution in [-0.4, -0.2) is 21.6 Å². The maximum Gasteiger partial charge on any atom is 0.291 e. The van der Waals surface area contributed by atoms with Crippen molar-refractivity contribution < 1.29 is 14.0 Å². The van der Waals surface area contributed by atoms with E-state index in [9.17, 15) is 18.8 Å². The molecule has 2 amide bonds. The summed E-state index contributed by atoms with van der Waals surface area (Å²) in [7, 11) is 0. The van der Waals surface area contributed by atoms with Gasteiger partial charge in [0.15, 0.2) is 0 Å². The molecule has 2 aromatic carbocycles. The van der Waals surface area contributed by atoms with E-state index in [1.807, 2.05) is 31.2 Å². The first-order valence-corrected chi connectivity index (χ1v) is 9.40. The van der Waals surface area contributed by atoms with Gasteiger partial charge in [0.2, 0.25) is 11.8 Å². The number of anilines is 2. The van der Waals surface area contributed by atoms with E-state index in [0.717, 1.165) is 22.2 Å². The van der Waals surface area contributed by atoms with E-state index in [2.05, 4.69) is 15.7 Å². The molecule has 30 heavy (non-hydrogen) atoms. The Morgan fingerprint density at radius 2 is 1.80 bits per heavy atom. The van der Waals surface area contributed by atoms with Crippen LogP contribution in [0.4, 0.5) is 15.8 Å². The lowest BCUT2D eigenvalue weighted by Crippen LogP contribution is -2.32. The van der Waals surface area contributed by atoms with Crippen molar-refractivity contribution in [2.75, 3.05) is 10.6 Å². The van der Waals surface area contributed by atoms with Gasteiger partial charge in [0, 0.05) is 18.2 Å². The van der Waals surface area contributed by atoms with E-state index in [4.69, 9.17) is 0 Å². The summed E-state index contributed by atoms with van der Waals surface area (Å²) in [5, 5.41) is 9.29. The Hall–Kier alpha value is -3.81. The summed E-state index contributed by atoms with van der Waals surface area (Å²) < 4.78 is 14.3. The summed E-state index contributed by atoms with van der Waals surface area (Å²) in [5.74, 6) is -1.46. The van der Waals surface area contributed by atoms with Crippen molar-refractivity contribution in [2.45, 2.75) is 26.8 Å². The fourth-order valence-corrected chi connectivity index (χ4v) is 2.88. The quantitative estimate of drug-likeness (QED) is 0.655. The number of hydrogen-bond donors (Lipinski definition) is 2. The number of aryl methyl sites for hydroxylation is 1. The molecule has 0 saturated heterocycles. The van der Waals surface area contributed by atoms with E-state index in [1.165, 1.54) is 37.3 Å². The third-order valence-corrected chi connectivity index (χ3v) is 4.34. The van der Waals surface area contributed by atoms with E-state index in [-0.39, 0.29) is 11.4 Å². The number of halogens is 1. The fourth-order valence-electron chi connectivity index (χ4n) is 2.88. The van der Waals surface area contributed by atoms with Crippen LogP contribution in [0, 0.1) is 5.82 Å². The molecule has 1 heterocycles. The Morgan fingerprint density at radius 1 is 1.07 bits per heavy atom. The molecule has 3 aromatic rings. The average Bonchev–Trinajstić information content (AvgIpc) is 2.70. The minimum atomic E-state index is -0.617. The molecule has 1 aromatic heterocycles. The Morgan fingerprint density at radius 3 is 2.43 bits per heavy atom. The van der Waals surface area contributed by atoms with Crippen molar-refractivity contribution in [1.82, 2.24) is 9.78 Å². The standard InChI is InChI=1S/C22H21FN4O3/c1-3-15-7-9-16(10-8-15)19-12-20(24-14(2)28)22(30)27(26-19)13-21(29)25-18-6-4-5-17(23)11-18/h4-12H,3,13H2,1-2H3,(H,24,28)(H,25,29). The van der Waals surface area contributed by atoms with Crippen LogP contribution in [0.5, 0.6) is 0 Å². The SMILES string of the molecule is CCc1ccc(-c2cc(NC(C)=O)c(=O)n(CC(=O)Nc3cccc(F)c3)n2)cc1. The molecule has 0 atom stereocenters. The normalized spacial score (nSPS) is 10.5. The number of benzene rings is 2. The second-order valence-corrected chi connectivity index (χ2v) is 6.70. The molecule has 0 aliphatic heterocycles. The lowest BCUT2D eigenvalue weighted by molar-refractivity contribution is -0.117. The average molecular weight is 408 g/mol. The van der Waals surface area contributed by atoms with Crippen LogP contribution in [0.1, 0.15) is 19.4 Å². The first kappa shape index (κ1) is 20.9. The highest BCUT2D eigenvalue weighted by atomic mass is 19.1. The van der Waals surface area contributed by atoms with Crippen molar-refractivity contribution in [3.63, 3.8) is 0 Å². The van der Waals surface area contributed by atoms with Gasteiger partial charge in [-0.25, -0.2) is 9.07 Å². The monoisotopic (exact) mass is 408 g/mol. The van der Waals surface area contributed by atoms with Gasteiger partial charge in [-0.05, 0) is 36.2 Å². The number of amides is 2. The molecule has 0 unspecified atom stereocenters. The van der Waals surface area contributed by atoms with Gasteiger partial charge >= 0.3 is 0 Å². The largest absolute Gasteiger partial charge is 0.324 e. The van der Waals surface area contributed by atoms with Crippen molar-refractivity contribution in [2.24, 2.45) is 0 Å². The van der Waals surface area contributed by atoms with Crippen LogP contribution in [0.15, 0.2) is 59.4 Å². The van der Waals surface area contributed by atoms with Crippen molar-refractivity contribution in [3.05, 3.63) is 76.3 Å². The molecule has 0 saturated carbocycles. The van der Waals surface area contributed by atoms with Gasteiger partial charge in [-0.2, -0.15) is 5.10 Å². The summed E-state index contributed by atoms with van der Waals surface area (Å²) in [6, 6.07) is 14.5. The first-order chi connectivity index (χ1) is 14.4. The Balaban J connectivity index is 1.94. The maximum absolute atomic E-state index is 13.3. The molecule has 3 rings (SSSR count). The summed E-state index contributed by atoms with van der Waals surface area (Å²) in [6.45, 7) is 2.93. The van der Waals surface area contributed by atoms with Gasteiger partial charge in [-0.1, -0.05) is 37.3 Å². The van der Waals surface area contributed by atoms with Crippen LogP contribution < -0.4 is 16.2 Å². The molecular formula is C22H21FN4O3. The number of hydrogen-bond acceptors (Lipinski definition) is 4. The number of rotatable bonds is 6. The summed E-state index contributed by atoms with van der Waals surface area (Å²) >= 11 is 0. The number of carbonyl (C=O) groups excluding carboxylic acids is 2. The summed E-state index contributed by atoms with van der Waals surface area (Å²) in [6.07, 6.45) is 0.880. The van der Waals surface area contributed by atoms with E-state index in [0.29, 0.717) is 5.69 Å².